The number of fused-ring (bicyclic) bond motifs is 1. The number of nitrogens with two attached hydrogens (primary N) is 2. The van der Waals surface area contributed by atoms with Crippen LogP contribution in [0.25, 0.3) is 33.4 Å². The number of nitrogens with zero attached hydrogens (tertiary/aromatic N) is 4. The molecule has 0 unspecified atom stereocenters. The van der Waals surface area contributed by atoms with Gasteiger partial charge in [-0.1, -0.05) is 29.8 Å². The van der Waals surface area contributed by atoms with Crippen molar-refractivity contribution in [1.29, 1.82) is 0 Å². The van der Waals surface area contributed by atoms with Crippen molar-refractivity contribution in [2.45, 2.75) is 45.2 Å². The normalized spacial score (nSPS) is 18.3. The fourth-order valence-electron chi connectivity index (χ4n) is 4.76. The third-order valence-electron chi connectivity index (χ3n) is 6.62. The second-order valence-corrected chi connectivity index (χ2v) is 9.53. The van der Waals surface area contributed by atoms with Crippen LogP contribution in [0.15, 0.2) is 53.5 Å². The summed E-state index contributed by atoms with van der Waals surface area (Å²) in [6.07, 6.45) is 5.56. The van der Waals surface area contributed by atoms with Crippen LogP contribution in [0.2, 0.25) is 5.02 Å². The highest BCUT2D eigenvalue weighted by Gasteiger charge is 2.22. The number of halogens is 1. The van der Waals surface area contributed by atoms with Gasteiger partial charge in [-0.3, -0.25) is 14.3 Å². The maximum atomic E-state index is 13.8. The molecule has 0 aliphatic heterocycles. The number of pyridine rings is 2. The van der Waals surface area contributed by atoms with Crippen molar-refractivity contribution in [1.82, 2.24) is 19.5 Å². The first-order valence-electron chi connectivity index (χ1n) is 11.5. The van der Waals surface area contributed by atoms with E-state index in [-0.39, 0.29) is 17.5 Å². The maximum absolute atomic E-state index is 13.8. The fourth-order valence-corrected chi connectivity index (χ4v) is 5.04. The Bertz CT molecular complexity index is 1420. The summed E-state index contributed by atoms with van der Waals surface area (Å²) in [5, 5.41) is 1.24. The molecular formula is C26H27ClN6O. The van der Waals surface area contributed by atoms with Crippen LogP contribution in [0.5, 0.6) is 0 Å². The van der Waals surface area contributed by atoms with E-state index >= 15 is 0 Å². The number of anilines is 1. The molecule has 4 N–H and O–H groups in total. The molecule has 3 aromatic heterocycles. The molecule has 1 aliphatic rings. The highest BCUT2D eigenvalue weighted by molar-refractivity contribution is 6.33. The molecule has 0 radical (unpaired) electrons. The van der Waals surface area contributed by atoms with Crippen LogP contribution in [-0.2, 0) is 6.54 Å². The Morgan fingerprint density at radius 2 is 1.85 bits per heavy atom. The van der Waals surface area contributed by atoms with Gasteiger partial charge in [0.15, 0.2) is 0 Å². The molecule has 8 heteroatoms. The SMILES string of the molecule is Cc1cccc(-c2ccc(-c3cc4cnc(N)nc4n(C[C@H]4CC[C@H](N)CC4)c3=O)c(Cl)c2)n1. The second kappa shape index (κ2) is 9.16. The predicted octanol–water partition coefficient (Wildman–Crippen LogP) is 4.58. The highest BCUT2D eigenvalue weighted by atomic mass is 35.5. The van der Waals surface area contributed by atoms with Gasteiger partial charge in [-0.25, -0.2) is 4.98 Å². The third kappa shape index (κ3) is 4.41. The zero-order chi connectivity index (χ0) is 23.8. The van der Waals surface area contributed by atoms with Gasteiger partial charge in [-0.15, -0.1) is 0 Å². The number of nitrogen functional groups attached to an aromatic ring is 1. The summed E-state index contributed by atoms with van der Waals surface area (Å²) in [4.78, 5) is 26.9. The van der Waals surface area contributed by atoms with E-state index in [0.717, 1.165) is 48.0 Å². The minimum atomic E-state index is -0.135. The molecule has 1 aliphatic carbocycles. The summed E-state index contributed by atoms with van der Waals surface area (Å²) >= 11 is 6.72. The van der Waals surface area contributed by atoms with Crippen molar-refractivity contribution in [2.24, 2.45) is 11.7 Å². The van der Waals surface area contributed by atoms with E-state index in [1.807, 2.05) is 43.3 Å². The lowest BCUT2D eigenvalue weighted by Crippen LogP contribution is -2.31. The lowest BCUT2D eigenvalue weighted by molar-refractivity contribution is 0.295. The summed E-state index contributed by atoms with van der Waals surface area (Å²) < 4.78 is 1.73. The van der Waals surface area contributed by atoms with Crippen molar-refractivity contribution >= 4 is 28.6 Å². The molecule has 0 atom stereocenters. The van der Waals surface area contributed by atoms with E-state index in [2.05, 4.69) is 15.0 Å². The first kappa shape index (κ1) is 22.5. The van der Waals surface area contributed by atoms with Crippen LogP contribution in [-0.4, -0.2) is 25.6 Å². The molecule has 5 rings (SSSR count). The monoisotopic (exact) mass is 474 g/mol. The minimum Gasteiger partial charge on any atom is -0.368 e. The highest BCUT2D eigenvalue weighted by Crippen LogP contribution is 2.32. The van der Waals surface area contributed by atoms with Crippen molar-refractivity contribution < 1.29 is 0 Å². The van der Waals surface area contributed by atoms with Gasteiger partial charge in [0.25, 0.3) is 5.56 Å². The number of hydrogen-bond donors (Lipinski definition) is 2. The molecule has 0 saturated heterocycles. The lowest BCUT2D eigenvalue weighted by atomic mass is 9.86. The molecule has 7 nitrogen and oxygen atoms in total. The Kier molecular flexibility index (Phi) is 6.06. The van der Waals surface area contributed by atoms with Crippen molar-refractivity contribution in [3.8, 4) is 22.4 Å². The summed E-state index contributed by atoms with van der Waals surface area (Å²) in [7, 11) is 0. The molecule has 0 bridgehead atoms. The number of aryl methyl sites for hydroxylation is 1. The van der Waals surface area contributed by atoms with E-state index in [9.17, 15) is 4.79 Å². The molecule has 1 saturated carbocycles. The van der Waals surface area contributed by atoms with Crippen LogP contribution in [0.1, 0.15) is 31.4 Å². The van der Waals surface area contributed by atoms with Crippen LogP contribution in [0.3, 0.4) is 0 Å². The zero-order valence-electron chi connectivity index (χ0n) is 19.0. The first-order chi connectivity index (χ1) is 16.4. The lowest BCUT2D eigenvalue weighted by Gasteiger charge is -2.27. The Labute approximate surface area is 202 Å². The van der Waals surface area contributed by atoms with E-state index in [1.165, 1.54) is 0 Å². The first-order valence-corrected chi connectivity index (χ1v) is 11.9. The fraction of sp³-hybridized carbons (Fsp3) is 0.308. The molecule has 0 amide bonds. The van der Waals surface area contributed by atoms with E-state index in [1.54, 1.807) is 16.8 Å². The molecule has 1 aromatic carbocycles. The Balaban J connectivity index is 1.60. The average molecular weight is 475 g/mol. The maximum Gasteiger partial charge on any atom is 0.260 e. The van der Waals surface area contributed by atoms with Gasteiger partial charge < -0.3 is 11.5 Å². The van der Waals surface area contributed by atoms with Crippen LogP contribution < -0.4 is 17.0 Å². The Hall–Kier alpha value is -3.29. The molecule has 1 fully saturated rings. The largest absolute Gasteiger partial charge is 0.368 e. The van der Waals surface area contributed by atoms with Crippen LogP contribution in [0.4, 0.5) is 5.95 Å². The van der Waals surface area contributed by atoms with Crippen molar-refractivity contribution in [2.75, 3.05) is 5.73 Å². The van der Waals surface area contributed by atoms with Gasteiger partial charge in [-0.2, -0.15) is 4.98 Å². The summed E-state index contributed by atoms with van der Waals surface area (Å²) in [6.45, 7) is 2.51. The van der Waals surface area contributed by atoms with Gasteiger partial charge in [0.1, 0.15) is 5.65 Å². The molecule has 34 heavy (non-hydrogen) atoms. The molecule has 0 spiro atoms. The number of benzene rings is 1. The molecular weight excluding hydrogens is 448 g/mol. The topological polar surface area (TPSA) is 113 Å². The van der Waals surface area contributed by atoms with Gasteiger partial charge in [-0.05, 0) is 62.8 Å². The van der Waals surface area contributed by atoms with Gasteiger partial charge >= 0.3 is 0 Å². The standard InChI is InChI=1S/C26H27ClN6O/c1-15-3-2-4-23(31-15)17-7-10-20(22(27)12-17)21-11-18-13-30-26(29)32-24(18)33(25(21)34)14-16-5-8-19(28)9-6-16/h2-4,7,10-13,16,19H,5-6,8-9,14,28H2,1H3,(H2,29,30,32)/t16-,19-. The molecule has 3 heterocycles. The Morgan fingerprint density at radius 1 is 1.06 bits per heavy atom. The van der Waals surface area contributed by atoms with E-state index in [0.29, 0.717) is 34.3 Å². The second-order valence-electron chi connectivity index (χ2n) is 9.12. The van der Waals surface area contributed by atoms with Gasteiger partial charge in [0, 0.05) is 51.6 Å². The summed E-state index contributed by atoms with van der Waals surface area (Å²) in [5.74, 6) is 0.504. The van der Waals surface area contributed by atoms with Gasteiger partial charge in [0.2, 0.25) is 5.95 Å². The van der Waals surface area contributed by atoms with Crippen LogP contribution in [0, 0.1) is 12.8 Å². The minimum absolute atomic E-state index is 0.135. The summed E-state index contributed by atoms with van der Waals surface area (Å²) in [6, 6.07) is 13.6. The van der Waals surface area contributed by atoms with Gasteiger partial charge in [0.05, 0.1) is 5.69 Å². The number of aromatic nitrogens is 4. The van der Waals surface area contributed by atoms with Crippen molar-refractivity contribution in [3.63, 3.8) is 0 Å². The average Bonchev–Trinajstić information content (AvgIpc) is 2.82. The molecule has 174 valence electrons. The molecule has 4 aromatic rings. The predicted molar refractivity (Wildman–Crippen MR) is 137 cm³/mol. The van der Waals surface area contributed by atoms with E-state index in [4.69, 9.17) is 23.1 Å². The zero-order valence-corrected chi connectivity index (χ0v) is 19.8. The number of hydrogen-bond acceptors (Lipinski definition) is 6. The van der Waals surface area contributed by atoms with Crippen LogP contribution >= 0.6 is 11.6 Å². The van der Waals surface area contributed by atoms with Crippen molar-refractivity contribution in [3.05, 3.63) is 69.7 Å². The smallest absolute Gasteiger partial charge is 0.260 e. The quantitative estimate of drug-likeness (QED) is 0.447. The third-order valence-corrected chi connectivity index (χ3v) is 6.93. The van der Waals surface area contributed by atoms with E-state index < -0.39 is 0 Å². The summed E-state index contributed by atoms with van der Waals surface area (Å²) in [5.41, 5.74) is 16.2. The Morgan fingerprint density at radius 3 is 2.59 bits per heavy atom. The number of rotatable bonds is 4.